The van der Waals surface area contributed by atoms with Gasteiger partial charge >= 0.3 is 12.0 Å². The van der Waals surface area contributed by atoms with Gasteiger partial charge in [-0.15, -0.1) is 0 Å². The van der Waals surface area contributed by atoms with Crippen LogP contribution >= 0.6 is 0 Å². The fourth-order valence-corrected chi connectivity index (χ4v) is 3.02. The lowest BCUT2D eigenvalue weighted by Gasteiger charge is -2.41. The van der Waals surface area contributed by atoms with Crippen LogP contribution in [0.3, 0.4) is 0 Å². The van der Waals surface area contributed by atoms with E-state index in [-0.39, 0.29) is 6.03 Å². The predicted octanol–water partition coefficient (Wildman–Crippen LogP) is 1.92. The van der Waals surface area contributed by atoms with Crippen LogP contribution in [0, 0.1) is 0 Å². The van der Waals surface area contributed by atoms with Gasteiger partial charge in [0.1, 0.15) is 5.54 Å². The average molecular weight is 254 g/mol. The van der Waals surface area contributed by atoms with Gasteiger partial charge in [0.2, 0.25) is 0 Å². The molecular formula is C13H22N2O3. The van der Waals surface area contributed by atoms with Crippen molar-refractivity contribution < 1.29 is 14.7 Å². The van der Waals surface area contributed by atoms with Gasteiger partial charge in [-0.1, -0.05) is 6.92 Å². The Balaban J connectivity index is 2.15. The third-order valence-electron chi connectivity index (χ3n) is 4.63. The fourth-order valence-electron chi connectivity index (χ4n) is 3.02. The van der Waals surface area contributed by atoms with Crippen molar-refractivity contribution in [2.24, 2.45) is 0 Å². The fraction of sp³-hybridized carbons (Fsp3) is 0.846. The smallest absolute Gasteiger partial charge is 0.329 e. The van der Waals surface area contributed by atoms with Crippen molar-refractivity contribution in [3.63, 3.8) is 0 Å². The Kier molecular flexibility index (Phi) is 3.50. The third kappa shape index (κ3) is 1.85. The van der Waals surface area contributed by atoms with Gasteiger partial charge in [0.05, 0.1) is 0 Å². The van der Waals surface area contributed by atoms with E-state index in [2.05, 4.69) is 0 Å². The van der Waals surface area contributed by atoms with Crippen molar-refractivity contribution in [1.82, 2.24) is 9.80 Å². The Morgan fingerprint density at radius 3 is 2.50 bits per heavy atom. The molecule has 2 fully saturated rings. The van der Waals surface area contributed by atoms with Crippen molar-refractivity contribution in [3.05, 3.63) is 0 Å². The van der Waals surface area contributed by atoms with Crippen molar-refractivity contribution >= 4 is 12.0 Å². The summed E-state index contributed by atoms with van der Waals surface area (Å²) < 4.78 is 0. The van der Waals surface area contributed by atoms with Crippen LogP contribution in [-0.2, 0) is 4.79 Å². The lowest BCUT2D eigenvalue weighted by atomic mass is 9.91. The summed E-state index contributed by atoms with van der Waals surface area (Å²) in [6, 6.07) is 0.197. The molecule has 0 aromatic heterocycles. The molecule has 18 heavy (non-hydrogen) atoms. The van der Waals surface area contributed by atoms with Crippen LogP contribution in [0.2, 0.25) is 0 Å². The van der Waals surface area contributed by atoms with Gasteiger partial charge in [0, 0.05) is 19.6 Å². The van der Waals surface area contributed by atoms with E-state index in [1.165, 1.54) is 6.42 Å². The highest BCUT2D eigenvalue weighted by Crippen LogP contribution is 2.35. The van der Waals surface area contributed by atoms with E-state index in [9.17, 15) is 14.7 Å². The molecule has 1 aliphatic carbocycles. The maximum absolute atomic E-state index is 12.4. The zero-order valence-electron chi connectivity index (χ0n) is 11.2. The van der Waals surface area contributed by atoms with E-state index in [1.54, 1.807) is 16.8 Å². The highest BCUT2D eigenvalue weighted by atomic mass is 16.4. The molecule has 2 aliphatic rings. The molecule has 0 aromatic rings. The minimum Gasteiger partial charge on any atom is -0.479 e. The first-order valence-electron chi connectivity index (χ1n) is 6.81. The van der Waals surface area contributed by atoms with Crippen LogP contribution in [0.4, 0.5) is 4.79 Å². The zero-order chi connectivity index (χ0) is 13.3. The van der Waals surface area contributed by atoms with Crippen molar-refractivity contribution in [3.8, 4) is 0 Å². The molecule has 5 heteroatoms. The SMILES string of the molecule is CCC1(C(=O)O)CCCN1C(=O)N(C)C1CCC1. The molecular weight excluding hydrogens is 232 g/mol. The minimum absolute atomic E-state index is 0.110. The molecule has 1 atom stereocenters. The molecule has 102 valence electrons. The summed E-state index contributed by atoms with van der Waals surface area (Å²) in [6.45, 7) is 2.42. The van der Waals surface area contributed by atoms with Gasteiger partial charge in [-0.2, -0.15) is 0 Å². The molecule has 1 aliphatic heterocycles. The summed E-state index contributed by atoms with van der Waals surface area (Å²) in [5.74, 6) is -0.863. The standard InChI is InChI=1S/C13H22N2O3/c1-3-13(11(16)17)8-5-9-15(13)12(18)14(2)10-6-4-7-10/h10H,3-9H2,1-2H3,(H,16,17). The Labute approximate surface area is 108 Å². The first-order chi connectivity index (χ1) is 8.53. The number of amides is 2. The highest BCUT2D eigenvalue weighted by Gasteiger charge is 2.49. The van der Waals surface area contributed by atoms with E-state index in [0.29, 0.717) is 25.4 Å². The Bertz CT molecular complexity index is 354. The topological polar surface area (TPSA) is 60.9 Å². The summed E-state index contributed by atoms with van der Waals surface area (Å²) >= 11 is 0. The summed E-state index contributed by atoms with van der Waals surface area (Å²) in [7, 11) is 1.80. The lowest BCUT2D eigenvalue weighted by molar-refractivity contribution is -0.148. The number of hydrogen-bond acceptors (Lipinski definition) is 2. The number of carboxylic acid groups (broad SMARTS) is 1. The Morgan fingerprint density at radius 1 is 1.39 bits per heavy atom. The molecule has 1 heterocycles. The largest absolute Gasteiger partial charge is 0.479 e. The normalized spacial score (nSPS) is 28.0. The number of urea groups is 1. The van der Waals surface area contributed by atoms with E-state index >= 15 is 0 Å². The van der Waals surface area contributed by atoms with Crippen molar-refractivity contribution in [2.45, 2.75) is 57.0 Å². The van der Waals surface area contributed by atoms with Crippen molar-refractivity contribution in [2.75, 3.05) is 13.6 Å². The van der Waals surface area contributed by atoms with E-state index in [4.69, 9.17) is 0 Å². The molecule has 2 amide bonds. The third-order valence-corrected chi connectivity index (χ3v) is 4.63. The van der Waals surface area contributed by atoms with Gasteiger partial charge in [0.25, 0.3) is 0 Å². The Morgan fingerprint density at radius 2 is 2.06 bits per heavy atom. The number of rotatable bonds is 3. The molecule has 0 bridgehead atoms. The summed E-state index contributed by atoms with van der Waals surface area (Å²) in [6.07, 6.45) is 5.09. The number of carboxylic acids is 1. The van der Waals surface area contributed by atoms with Gasteiger partial charge in [-0.25, -0.2) is 9.59 Å². The first kappa shape index (κ1) is 13.2. The maximum Gasteiger partial charge on any atom is 0.329 e. The highest BCUT2D eigenvalue weighted by molar-refractivity contribution is 5.87. The lowest BCUT2D eigenvalue weighted by Crippen LogP contribution is -2.58. The van der Waals surface area contributed by atoms with Crippen LogP contribution in [-0.4, -0.2) is 52.1 Å². The number of likely N-dealkylation sites (tertiary alicyclic amines) is 1. The predicted molar refractivity (Wildman–Crippen MR) is 67.4 cm³/mol. The van der Waals surface area contributed by atoms with Gasteiger partial charge in [-0.3, -0.25) is 0 Å². The Hall–Kier alpha value is -1.26. The van der Waals surface area contributed by atoms with Crippen LogP contribution in [0.15, 0.2) is 0 Å². The number of carbonyl (C=O) groups excluding carboxylic acids is 1. The maximum atomic E-state index is 12.4. The average Bonchev–Trinajstić information content (AvgIpc) is 2.70. The molecule has 1 N–H and O–H groups in total. The molecule has 0 radical (unpaired) electrons. The van der Waals surface area contributed by atoms with E-state index in [0.717, 1.165) is 19.3 Å². The number of aliphatic carboxylic acids is 1. The van der Waals surface area contributed by atoms with Crippen LogP contribution in [0.5, 0.6) is 0 Å². The quantitative estimate of drug-likeness (QED) is 0.837. The number of carbonyl (C=O) groups is 2. The van der Waals surface area contributed by atoms with Crippen LogP contribution in [0.25, 0.3) is 0 Å². The molecule has 2 rings (SSSR count). The minimum atomic E-state index is -0.977. The van der Waals surface area contributed by atoms with Gasteiger partial charge < -0.3 is 14.9 Å². The molecule has 1 saturated heterocycles. The molecule has 5 nitrogen and oxygen atoms in total. The second kappa shape index (κ2) is 4.78. The summed E-state index contributed by atoms with van der Waals surface area (Å²) in [5, 5.41) is 9.46. The van der Waals surface area contributed by atoms with E-state index in [1.807, 2.05) is 6.92 Å². The summed E-state index contributed by atoms with van der Waals surface area (Å²) in [4.78, 5) is 27.3. The summed E-state index contributed by atoms with van der Waals surface area (Å²) in [5.41, 5.74) is -0.977. The zero-order valence-corrected chi connectivity index (χ0v) is 11.2. The van der Waals surface area contributed by atoms with Gasteiger partial charge in [-0.05, 0) is 38.5 Å². The van der Waals surface area contributed by atoms with Crippen LogP contribution < -0.4 is 0 Å². The van der Waals surface area contributed by atoms with E-state index < -0.39 is 11.5 Å². The van der Waals surface area contributed by atoms with Crippen LogP contribution in [0.1, 0.15) is 45.4 Å². The molecule has 0 spiro atoms. The van der Waals surface area contributed by atoms with Crippen molar-refractivity contribution in [1.29, 1.82) is 0 Å². The number of nitrogens with zero attached hydrogens (tertiary/aromatic N) is 2. The first-order valence-corrected chi connectivity index (χ1v) is 6.81. The monoisotopic (exact) mass is 254 g/mol. The second-order valence-corrected chi connectivity index (χ2v) is 5.42. The molecule has 0 aromatic carbocycles. The molecule has 1 saturated carbocycles. The number of hydrogen-bond donors (Lipinski definition) is 1. The molecule has 1 unspecified atom stereocenters. The second-order valence-electron chi connectivity index (χ2n) is 5.42. The van der Waals surface area contributed by atoms with Gasteiger partial charge in [0.15, 0.2) is 0 Å².